The van der Waals surface area contributed by atoms with E-state index in [1.54, 1.807) is 21.4 Å². The van der Waals surface area contributed by atoms with Gasteiger partial charge >= 0.3 is 17.5 Å². The summed E-state index contributed by atoms with van der Waals surface area (Å²) in [6.07, 6.45) is 2.41. The van der Waals surface area contributed by atoms with E-state index in [1.165, 1.54) is 4.68 Å². The summed E-state index contributed by atoms with van der Waals surface area (Å²) < 4.78 is 2.99. The number of aromatic nitrogens is 3. The standard InChI is InChI=1S/C20H25N5O3/c1-3-24-17(21-22(2)20(24)28)15-8-6-11-23(13-15)18(26)19(27)25-12-10-14-7-4-5-9-16(14)25/h4-5,7,9,15H,3,6,8,10-13H2,1-2H3/t15-/m1/s1. The number of amides is 2. The third-order valence-corrected chi connectivity index (χ3v) is 5.74. The molecule has 28 heavy (non-hydrogen) atoms. The monoisotopic (exact) mass is 383 g/mol. The van der Waals surface area contributed by atoms with Crippen molar-refractivity contribution >= 4 is 17.5 Å². The van der Waals surface area contributed by atoms with Gasteiger partial charge in [0.05, 0.1) is 0 Å². The Morgan fingerprint density at radius 2 is 1.96 bits per heavy atom. The van der Waals surface area contributed by atoms with Crippen LogP contribution in [0.2, 0.25) is 0 Å². The number of carbonyl (C=O) groups excluding carboxylic acids is 2. The first kappa shape index (κ1) is 18.5. The van der Waals surface area contributed by atoms with Gasteiger partial charge in [-0.3, -0.25) is 14.2 Å². The highest BCUT2D eigenvalue weighted by atomic mass is 16.2. The molecule has 2 amide bonds. The number of hydrogen-bond donors (Lipinski definition) is 0. The van der Waals surface area contributed by atoms with Crippen molar-refractivity contribution in [3.63, 3.8) is 0 Å². The first-order valence-electron chi connectivity index (χ1n) is 9.83. The van der Waals surface area contributed by atoms with Crippen LogP contribution in [0.5, 0.6) is 0 Å². The van der Waals surface area contributed by atoms with Gasteiger partial charge in [0, 0.05) is 44.8 Å². The maximum atomic E-state index is 12.9. The normalized spacial score (nSPS) is 19.0. The minimum atomic E-state index is -0.473. The third kappa shape index (κ3) is 3.02. The summed E-state index contributed by atoms with van der Waals surface area (Å²) in [6.45, 7) is 3.95. The van der Waals surface area contributed by atoms with E-state index in [2.05, 4.69) is 5.10 Å². The fourth-order valence-electron chi connectivity index (χ4n) is 4.29. The molecule has 8 nitrogen and oxygen atoms in total. The molecule has 0 bridgehead atoms. The average molecular weight is 383 g/mol. The SMILES string of the molecule is CCn1c([C@@H]2CCCN(C(=O)C(=O)N3CCc4ccccc43)C2)nn(C)c1=O. The van der Waals surface area contributed by atoms with Gasteiger partial charge < -0.3 is 9.80 Å². The van der Waals surface area contributed by atoms with Gasteiger partial charge in [0.15, 0.2) is 0 Å². The molecule has 0 unspecified atom stereocenters. The molecule has 1 aromatic heterocycles. The van der Waals surface area contributed by atoms with E-state index in [1.807, 2.05) is 31.2 Å². The Bertz CT molecular complexity index is 976. The Labute approximate surface area is 163 Å². The number of aryl methyl sites for hydroxylation is 1. The molecule has 1 aromatic carbocycles. The molecule has 4 rings (SSSR count). The molecule has 148 valence electrons. The molecule has 1 atom stereocenters. The van der Waals surface area contributed by atoms with E-state index < -0.39 is 11.8 Å². The Hall–Kier alpha value is -2.90. The van der Waals surface area contributed by atoms with Gasteiger partial charge in [-0.05, 0) is 37.8 Å². The summed E-state index contributed by atoms with van der Waals surface area (Å²) in [5.74, 6) is -0.279. The Morgan fingerprint density at radius 1 is 1.18 bits per heavy atom. The number of rotatable bonds is 2. The van der Waals surface area contributed by atoms with E-state index in [4.69, 9.17) is 0 Å². The lowest BCUT2D eigenvalue weighted by atomic mass is 9.97. The van der Waals surface area contributed by atoms with Crippen molar-refractivity contribution in [2.45, 2.75) is 38.6 Å². The highest BCUT2D eigenvalue weighted by molar-refractivity contribution is 6.40. The molecule has 0 radical (unpaired) electrons. The molecule has 0 N–H and O–H groups in total. The zero-order valence-electron chi connectivity index (χ0n) is 16.3. The van der Waals surface area contributed by atoms with E-state index >= 15 is 0 Å². The van der Waals surface area contributed by atoms with Crippen LogP contribution in [-0.4, -0.2) is 50.7 Å². The third-order valence-electron chi connectivity index (χ3n) is 5.74. The summed E-state index contributed by atoms with van der Waals surface area (Å²) in [4.78, 5) is 41.2. The highest BCUT2D eigenvalue weighted by Crippen LogP contribution is 2.29. The Morgan fingerprint density at radius 3 is 2.75 bits per heavy atom. The summed E-state index contributed by atoms with van der Waals surface area (Å²) in [5.41, 5.74) is 1.78. The smallest absolute Gasteiger partial charge is 0.334 e. The Balaban J connectivity index is 1.52. The number of para-hydroxylation sites is 1. The van der Waals surface area contributed by atoms with Crippen LogP contribution in [0, 0.1) is 0 Å². The number of likely N-dealkylation sites (tertiary alicyclic amines) is 1. The molecule has 1 fully saturated rings. The molecule has 8 heteroatoms. The molecule has 1 saturated heterocycles. The minimum Gasteiger partial charge on any atom is -0.334 e. The first-order chi connectivity index (χ1) is 13.5. The van der Waals surface area contributed by atoms with Crippen LogP contribution in [-0.2, 0) is 29.6 Å². The van der Waals surface area contributed by atoms with Crippen LogP contribution in [0.3, 0.4) is 0 Å². The second-order valence-corrected chi connectivity index (χ2v) is 7.43. The lowest BCUT2D eigenvalue weighted by Gasteiger charge is -2.32. The summed E-state index contributed by atoms with van der Waals surface area (Å²) in [7, 11) is 1.64. The van der Waals surface area contributed by atoms with Crippen LogP contribution in [0.15, 0.2) is 29.1 Å². The molecule has 3 heterocycles. The summed E-state index contributed by atoms with van der Waals surface area (Å²) in [5, 5.41) is 4.38. The maximum Gasteiger partial charge on any atom is 0.345 e. The molecule has 0 saturated carbocycles. The van der Waals surface area contributed by atoms with Crippen LogP contribution < -0.4 is 10.6 Å². The van der Waals surface area contributed by atoms with Gasteiger partial charge in [0.2, 0.25) is 0 Å². The lowest BCUT2D eigenvalue weighted by Crippen LogP contribution is -2.48. The molecule has 0 spiro atoms. The summed E-state index contributed by atoms with van der Waals surface area (Å²) >= 11 is 0. The van der Waals surface area contributed by atoms with Gasteiger partial charge in [-0.25, -0.2) is 9.48 Å². The van der Waals surface area contributed by atoms with Crippen LogP contribution >= 0.6 is 0 Å². The van der Waals surface area contributed by atoms with Gasteiger partial charge in [-0.1, -0.05) is 18.2 Å². The lowest BCUT2D eigenvalue weighted by molar-refractivity contribution is -0.145. The van der Waals surface area contributed by atoms with Crippen molar-refractivity contribution in [1.82, 2.24) is 19.2 Å². The van der Waals surface area contributed by atoms with Crippen molar-refractivity contribution in [2.24, 2.45) is 7.05 Å². The second kappa shape index (κ2) is 7.26. The van der Waals surface area contributed by atoms with Crippen LogP contribution in [0.4, 0.5) is 5.69 Å². The van der Waals surface area contributed by atoms with E-state index in [0.717, 1.165) is 30.5 Å². The predicted octanol–water partition coefficient (Wildman–Crippen LogP) is 0.897. The van der Waals surface area contributed by atoms with Crippen molar-refractivity contribution < 1.29 is 9.59 Å². The van der Waals surface area contributed by atoms with Crippen LogP contribution in [0.1, 0.15) is 37.1 Å². The summed E-state index contributed by atoms with van der Waals surface area (Å²) in [6, 6.07) is 7.72. The molecule has 2 aromatic rings. The largest absolute Gasteiger partial charge is 0.345 e. The fraction of sp³-hybridized carbons (Fsp3) is 0.500. The van der Waals surface area contributed by atoms with Crippen molar-refractivity contribution in [3.05, 3.63) is 46.1 Å². The number of fused-ring (bicyclic) bond motifs is 1. The number of benzene rings is 1. The zero-order valence-corrected chi connectivity index (χ0v) is 16.3. The van der Waals surface area contributed by atoms with Crippen molar-refractivity contribution in [1.29, 1.82) is 0 Å². The molecular formula is C20H25N5O3. The van der Waals surface area contributed by atoms with E-state index in [0.29, 0.717) is 32.0 Å². The number of carbonyl (C=O) groups is 2. The average Bonchev–Trinajstić information content (AvgIpc) is 3.28. The predicted molar refractivity (Wildman–Crippen MR) is 104 cm³/mol. The highest BCUT2D eigenvalue weighted by Gasteiger charge is 2.35. The maximum absolute atomic E-state index is 12.9. The number of anilines is 1. The number of piperidine rings is 1. The van der Waals surface area contributed by atoms with Gasteiger partial charge in [0.25, 0.3) is 0 Å². The van der Waals surface area contributed by atoms with E-state index in [-0.39, 0.29) is 11.6 Å². The second-order valence-electron chi connectivity index (χ2n) is 7.43. The topological polar surface area (TPSA) is 80.4 Å². The zero-order chi connectivity index (χ0) is 19.8. The fourth-order valence-corrected chi connectivity index (χ4v) is 4.29. The molecule has 2 aliphatic heterocycles. The van der Waals surface area contributed by atoms with Gasteiger partial charge in [-0.2, -0.15) is 5.10 Å². The van der Waals surface area contributed by atoms with Gasteiger partial charge in [-0.15, -0.1) is 0 Å². The molecule has 2 aliphatic rings. The minimum absolute atomic E-state index is 0.0368. The van der Waals surface area contributed by atoms with E-state index in [9.17, 15) is 14.4 Å². The van der Waals surface area contributed by atoms with Crippen molar-refractivity contribution in [3.8, 4) is 0 Å². The van der Waals surface area contributed by atoms with Crippen LogP contribution in [0.25, 0.3) is 0 Å². The van der Waals surface area contributed by atoms with Gasteiger partial charge in [0.1, 0.15) is 5.82 Å². The molecular weight excluding hydrogens is 358 g/mol. The molecule has 0 aliphatic carbocycles. The number of hydrogen-bond acceptors (Lipinski definition) is 4. The van der Waals surface area contributed by atoms with Crippen molar-refractivity contribution in [2.75, 3.05) is 24.5 Å². The quantitative estimate of drug-likeness (QED) is 0.722. The number of nitrogens with zero attached hydrogens (tertiary/aromatic N) is 5. The first-order valence-corrected chi connectivity index (χ1v) is 9.83. The Kier molecular flexibility index (Phi) is 4.78.